The standard InChI is InChI=1S/C24H26ClN5O2/c1-2-21-24(32)29(14-17-5-9-19-20(13-17)27-15-28-23(19)26)11-12-30(21)22(31)10-6-16-3-7-18(25)8-4-16/h3-5,7-9,13,15,21H,2,6,10-12,14H2,1H3,(H2,26,27,28)/t21-/m0/s1. The second-order valence-corrected chi connectivity index (χ2v) is 8.44. The topological polar surface area (TPSA) is 92.4 Å². The number of hydrogen-bond acceptors (Lipinski definition) is 5. The van der Waals surface area contributed by atoms with Crippen LogP contribution in [0.25, 0.3) is 10.9 Å². The van der Waals surface area contributed by atoms with Gasteiger partial charge < -0.3 is 15.5 Å². The van der Waals surface area contributed by atoms with Crippen molar-refractivity contribution >= 4 is 40.1 Å². The molecule has 0 spiro atoms. The minimum absolute atomic E-state index is 0.0117. The summed E-state index contributed by atoms with van der Waals surface area (Å²) in [6.07, 6.45) is 3.03. The number of fused-ring (bicyclic) bond motifs is 1. The largest absolute Gasteiger partial charge is 0.383 e. The van der Waals surface area contributed by atoms with E-state index in [9.17, 15) is 9.59 Å². The van der Waals surface area contributed by atoms with E-state index in [0.29, 0.717) is 49.7 Å². The third-order valence-electron chi connectivity index (χ3n) is 5.94. The van der Waals surface area contributed by atoms with Gasteiger partial charge >= 0.3 is 0 Å². The summed E-state index contributed by atoms with van der Waals surface area (Å²) in [5.41, 5.74) is 8.69. The van der Waals surface area contributed by atoms with E-state index in [1.165, 1.54) is 6.33 Å². The number of piperazine rings is 1. The molecule has 1 aliphatic heterocycles. The number of carbonyl (C=O) groups is 2. The molecule has 1 aromatic heterocycles. The van der Waals surface area contributed by atoms with Crippen LogP contribution in [-0.2, 0) is 22.6 Å². The zero-order chi connectivity index (χ0) is 22.7. The fraction of sp³-hybridized carbons (Fsp3) is 0.333. The lowest BCUT2D eigenvalue weighted by molar-refractivity contribution is -0.152. The van der Waals surface area contributed by atoms with Crippen molar-refractivity contribution in [1.29, 1.82) is 0 Å². The smallest absolute Gasteiger partial charge is 0.245 e. The summed E-state index contributed by atoms with van der Waals surface area (Å²) >= 11 is 5.93. The lowest BCUT2D eigenvalue weighted by Gasteiger charge is -2.40. The number of anilines is 1. The predicted molar refractivity (Wildman–Crippen MR) is 125 cm³/mol. The van der Waals surface area contributed by atoms with E-state index in [1.54, 1.807) is 4.90 Å². The maximum absolute atomic E-state index is 13.2. The fourth-order valence-corrected chi connectivity index (χ4v) is 4.30. The zero-order valence-electron chi connectivity index (χ0n) is 18.0. The Labute approximate surface area is 192 Å². The first-order valence-electron chi connectivity index (χ1n) is 10.8. The van der Waals surface area contributed by atoms with Gasteiger partial charge in [0.15, 0.2) is 0 Å². The zero-order valence-corrected chi connectivity index (χ0v) is 18.8. The lowest BCUT2D eigenvalue weighted by atomic mass is 10.0. The number of hydrogen-bond donors (Lipinski definition) is 1. The molecule has 0 aliphatic carbocycles. The maximum atomic E-state index is 13.2. The number of halogens is 1. The van der Waals surface area contributed by atoms with Crippen molar-refractivity contribution in [2.75, 3.05) is 18.8 Å². The summed E-state index contributed by atoms with van der Waals surface area (Å²) in [5.74, 6) is 0.438. The molecule has 2 aromatic carbocycles. The van der Waals surface area contributed by atoms with Crippen molar-refractivity contribution in [1.82, 2.24) is 19.8 Å². The van der Waals surface area contributed by atoms with Crippen molar-refractivity contribution in [3.05, 3.63) is 64.9 Å². The first-order chi connectivity index (χ1) is 15.5. The molecule has 1 aliphatic rings. The fourth-order valence-electron chi connectivity index (χ4n) is 4.18. The number of aromatic nitrogens is 2. The Balaban J connectivity index is 1.41. The highest BCUT2D eigenvalue weighted by atomic mass is 35.5. The van der Waals surface area contributed by atoms with E-state index >= 15 is 0 Å². The first-order valence-corrected chi connectivity index (χ1v) is 11.2. The van der Waals surface area contributed by atoms with Crippen molar-refractivity contribution in [2.45, 2.75) is 38.8 Å². The number of amides is 2. The molecule has 32 heavy (non-hydrogen) atoms. The summed E-state index contributed by atoms with van der Waals surface area (Å²) < 4.78 is 0. The molecule has 0 bridgehead atoms. The Morgan fingerprint density at radius 1 is 1.12 bits per heavy atom. The molecule has 2 N–H and O–H groups in total. The molecular weight excluding hydrogens is 426 g/mol. The number of nitrogens with two attached hydrogens (primary N) is 1. The molecule has 0 saturated carbocycles. The highest BCUT2D eigenvalue weighted by molar-refractivity contribution is 6.30. The van der Waals surface area contributed by atoms with Gasteiger partial charge in [0.1, 0.15) is 18.2 Å². The van der Waals surface area contributed by atoms with E-state index in [0.717, 1.165) is 22.0 Å². The van der Waals surface area contributed by atoms with E-state index in [-0.39, 0.29) is 11.8 Å². The Morgan fingerprint density at radius 2 is 1.88 bits per heavy atom. The average molecular weight is 452 g/mol. The third-order valence-corrected chi connectivity index (χ3v) is 6.19. The molecule has 1 atom stereocenters. The van der Waals surface area contributed by atoms with Crippen LogP contribution in [0.2, 0.25) is 5.02 Å². The minimum atomic E-state index is -0.431. The van der Waals surface area contributed by atoms with Crippen LogP contribution < -0.4 is 5.73 Å². The first kappa shape index (κ1) is 22.0. The highest BCUT2D eigenvalue weighted by Crippen LogP contribution is 2.22. The maximum Gasteiger partial charge on any atom is 0.245 e. The Kier molecular flexibility index (Phi) is 6.55. The molecule has 8 heteroatoms. The van der Waals surface area contributed by atoms with Crippen molar-refractivity contribution in [3.8, 4) is 0 Å². The molecule has 0 unspecified atom stereocenters. The summed E-state index contributed by atoms with van der Waals surface area (Å²) in [6.45, 7) is 3.46. The molecule has 2 heterocycles. The van der Waals surface area contributed by atoms with Gasteiger partial charge in [-0.15, -0.1) is 0 Å². The van der Waals surface area contributed by atoms with Gasteiger partial charge in [-0.1, -0.05) is 36.7 Å². The second kappa shape index (κ2) is 9.53. The third kappa shape index (κ3) is 4.67. The average Bonchev–Trinajstić information content (AvgIpc) is 2.80. The SMILES string of the molecule is CC[C@H]1C(=O)N(Cc2ccc3c(N)ncnc3c2)CCN1C(=O)CCc1ccc(Cl)cc1. The molecule has 2 amide bonds. The number of aryl methyl sites for hydroxylation is 1. The normalized spacial score (nSPS) is 16.6. The number of nitrogens with zero attached hydrogens (tertiary/aromatic N) is 4. The van der Waals surface area contributed by atoms with Crippen molar-refractivity contribution in [3.63, 3.8) is 0 Å². The van der Waals surface area contributed by atoms with Gasteiger partial charge in [0.2, 0.25) is 11.8 Å². The molecular formula is C24H26ClN5O2. The summed E-state index contributed by atoms with van der Waals surface area (Å²) in [5, 5.41) is 1.47. The summed E-state index contributed by atoms with van der Waals surface area (Å²) in [4.78, 5) is 37.9. The van der Waals surface area contributed by atoms with Gasteiger partial charge in [-0.05, 0) is 48.2 Å². The van der Waals surface area contributed by atoms with E-state index in [4.69, 9.17) is 17.3 Å². The van der Waals surface area contributed by atoms with Gasteiger partial charge in [-0.2, -0.15) is 0 Å². The Hall–Kier alpha value is -3.19. The van der Waals surface area contributed by atoms with E-state index in [1.807, 2.05) is 54.3 Å². The van der Waals surface area contributed by atoms with Gasteiger partial charge in [-0.3, -0.25) is 9.59 Å². The molecule has 1 saturated heterocycles. The number of rotatable bonds is 6. The summed E-state index contributed by atoms with van der Waals surface area (Å²) in [7, 11) is 0. The van der Waals surface area contributed by atoms with Crippen LogP contribution in [0.5, 0.6) is 0 Å². The van der Waals surface area contributed by atoms with Crippen molar-refractivity contribution in [2.24, 2.45) is 0 Å². The van der Waals surface area contributed by atoms with Gasteiger partial charge in [-0.25, -0.2) is 9.97 Å². The van der Waals surface area contributed by atoms with Crippen LogP contribution in [0.1, 0.15) is 30.9 Å². The van der Waals surface area contributed by atoms with Crippen LogP contribution in [0.4, 0.5) is 5.82 Å². The number of nitrogen functional groups attached to an aromatic ring is 1. The molecule has 166 valence electrons. The molecule has 0 radical (unpaired) electrons. The summed E-state index contributed by atoms with van der Waals surface area (Å²) in [6, 6.07) is 12.8. The van der Waals surface area contributed by atoms with Gasteiger partial charge in [0, 0.05) is 36.5 Å². The Morgan fingerprint density at radius 3 is 2.62 bits per heavy atom. The van der Waals surface area contributed by atoms with E-state index < -0.39 is 6.04 Å². The van der Waals surface area contributed by atoms with Gasteiger partial charge in [0.05, 0.1) is 5.52 Å². The van der Waals surface area contributed by atoms with Crippen LogP contribution in [0.3, 0.4) is 0 Å². The molecule has 1 fully saturated rings. The highest BCUT2D eigenvalue weighted by Gasteiger charge is 2.35. The Bertz CT molecular complexity index is 1130. The number of carbonyl (C=O) groups excluding carboxylic acids is 2. The predicted octanol–water partition coefficient (Wildman–Crippen LogP) is 3.45. The van der Waals surface area contributed by atoms with Crippen LogP contribution in [0.15, 0.2) is 48.8 Å². The molecule has 4 rings (SSSR count). The van der Waals surface area contributed by atoms with E-state index in [2.05, 4.69) is 9.97 Å². The van der Waals surface area contributed by atoms with Crippen molar-refractivity contribution < 1.29 is 9.59 Å². The monoisotopic (exact) mass is 451 g/mol. The molecule has 3 aromatic rings. The quantitative estimate of drug-likeness (QED) is 0.619. The van der Waals surface area contributed by atoms with Crippen LogP contribution >= 0.6 is 11.6 Å². The lowest BCUT2D eigenvalue weighted by Crippen LogP contribution is -2.58. The van der Waals surface area contributed by atoms with Crippen LogP contribution in [0, 0.1) is 0 Å². The second-order valence-electron chi connectivity index (χ2n) is 8.01. The van der Waals surface area contributed by atoms with Crippen LogP contribution in [-0.4, -0.2) is 50.7 Å². The minimum Gasteiger partial charge on any atom is -0.383 e. The van der Waals surface area contributed by atoms with Gasteiger partial charge in [0.25, 0.3) is 0 Å². The molecule has 7 nitrogen and oxygen atoms in total. The number of benzene rings is 2.